The topological polar surface area (TPSA) is 61.5 Å². The van der Waals surface area contributed by atoms with E-state index in [-0.39, 0.29) is 11.8 Å². The number of methoxy groups -OCH3 is 2. The number of aryl methyl sites for hydroxylation is 1. The van der Waals surface area contributed by atoms with E-state index in [1.165, 1.54) is 5.56 Å². The molecule has 0 amide bonds. The van der Waals surface area contributed by atoms with Crippen molar-refractivity contribution < 1.29 is 14.3 Å². The first-order valence-corrected chi connectivity index (χ1v) is 8.64. The van der Waals surface area contributed by atoms with Crippen LogP contribution in [0.15, 0.2) is 48.5 Å². The summed E-state index contributed by atoms with van der Waals surface area (Å²) in [4.78, 5) is 12.1. The Balaban J connectivity index is 1.76. The first-order valence-electron chi connectivity index (χ1n) is 8.64. The normalized spacial score (nSPS) is 11.8. The first kappa shape index (κ1) is 19.0. The highest BCUT2D eigenvalue weighted by Crippen LogP contribution is 2.28. The lowest BCUT2D eigenvalue weighted by atomic mass is 9.99. The molecule has 0 aliphatic heterocycles. The van der Waals surface area contributed by atoms with Crippen molar-refractivity contribution >= 4 is 5.78 Å². The van der Waals surface area contributed by atoms with Crippen molar-refractivity contribution in [1.29, 1.82) is 0 Å². The van der Waals surface area contributed by atoms with Gasteiger partial charge in [-0.2, -0.15) is 0 Å². The Bertz CT molecular complexity index is 670. The number of Topliss-reactive ketones (excluding diaryl/α,β-unsaturated/α-hetero) is 1. The third kappa shape index (κ3) is 6.24. The zero-order valence-corrected chi connectivity index (χ0v) is 15.0. The van der Waals surface area contributed by atoms with Crippen molar-refractivity contribution in [2.75, 3.05) is 14.2 Å². The van der Waals surface area contributed by atoms with Gasteiger partial charge in [0.05, 0.1) is 14.2 Å². The van der Waals surface area contributed by atoms with Crippen LogP contribution < -0.4 is 15.2 Å². The van der Waals surface area contributed by atoms with Crippen LogP contribution in [0.1, 0.15) is 30.4 Å². The van der Waals surface area contributed by atoms with Gasteiger partial charge in [0.25, 0.3) is 0 Å². The van der Waals surface area contributed by atoms with Gasteiger partial charge in [0, 0.05) is 18.9 Å². The monoisotopic (exact) mass is 341 g/mol. The van der Waals surface area contributed by atoms with Crippen molar-refractivity contribution in [1.82, 2.24) is 0 Å². The van der Waals surface area contributed by atoms with Crippen molar-refractivity contribution in [3.05, 3.63) is 59.7 Å². The van der Waals surface area contributed by atoms with Crippen LogP contribution in [0.2, 0.25) is 0 Å². The lowest BCUT2D eigenvalue weighted by Gasteiger charge is -2.13. The molecule has 0 bridgehead atoms. The zero-order valence-electron chi connectivity index (χ0n) is 15.0. The van der Waals surface area contributed by atoms with E-state index in [9.17, 15) is 4.79 Å². The molecule has 0 saturated heterocycles. The third-order valence-electron chi connectivity index (χ3n) is 4.28. The maximum atomic E-state index is 12.1. The number of rotatable bonds is 10. The molecule has 2 N–H and O–H groups in total. The molecular weight excluding hydrogens is 314 g/mol. The van der Waals surface area contributed by atoms with E-state index in [2.05, 4.69) is 12.1 Å². The minimum absolute atomic E-state index is 0.0428. The Morgan fingerprint density at radius 1 is 0.960 bits per heavy atom. The molecule has 1 atom stereocenters. The van der Waals surface area contributed by atoms with Crippen LogP contribution in [-0.2, 0) is 17.6 Å². The molecule has 1 unspecified atom stereocenters. The summed E-state index contributed by atoms with van der Waals surface area (Å²) in [6.07, 6.45) is 3.31. The van der Waals surface area contributed by atoms with E-state index in [0.717, 1.165) is 12.0 Å². The number of carbonyl (C=O) groups excluding carboxylic acids is 1. The van der Waals surface area contributed by atoms with Crippen LogP contribution in [0.4, 0.5) is 0 Å². The van der Waals surface area contributed by atoms with Crippen LogP contribution in [0.3, 0.4) is 0 Å². The fourth-order valence-corrected chi connectivity index (χ4v) is 2.81. The molecule has 0 aliphatic rings. The SMILES string of the molecule is COc1ccc(CC(N)CCC(=O)CCc2ccccc2)cc1OC. The third-order valence-corrected chi connectivity index (χ3v) is 4.28. The second kappa shape index (κ2) is 9.84. The molecule has 0 spiro atoms. The molecule has 0 radical (unpaired) electrons. The van der Waals surface area contributed by atoms with Gasteiger partial charge in [-0.05, 0) is 42.5 Å². The zero-order chi connectivity index (χ0) is 18.1. The molecular formula is C21H27NO3. The Hall–Kier alpha value is -2.33. The number of carbonyl (C=O) groups is 1. The van der Waals surface area contributed by atoms with Gasteiger partial charge in [0.2, 0.25) is 0 Å². The molecule has 0 aromatic heterocycles. The highest BCUT2D eigenvalue weighted by molar-refractivity contribution is 5.78. The van der Waals surface area contributed by atoms with Crippen molar-refractivity contribution in [3.63, 3.8) is 0 Å². The first-order chi connectivity index (χ1) is 12.1. The van der Waals surface area contributed by atoms with Crippen LogP contribution >= 0.6 is 0 Å². The highest BCUT2D eigenvalue weighted by atomic mass is 16.5. The minimum Gasteiger partial charge on any atom is -0.493 e. The van der Waals surface area contributed by atoms with Crippen molar-refractivity contribution in [3.8, 4) is 11.5 Å². The van der Waals surface area contributed by atoms with E-state index >= 15 is 0 Å². The van der Waals surface area contributed by atoms with Gasteiger partial charge in [0.15, 0.2) is 11.5 Å². The van der Waals surface area contributed by atoms with E-state index in [1.807, 2.05) is 36.4 Å². The Morgan fingerprint density at radius 3 is 2.36 bits per heavy atom. The largest absolute Gasteiger partial charge is 0.493 e. The number of hydrogen-bond acceptors (Lipinski definition) is 4. The molecule has 4 nitrogen and oxygen atoms in total. The molecule has 0 saturated carbocycles. The summed E-state index contributed by atoms with van der Waals surface area (Å²) in [6, 6.07) is 15.8. The van der Waals surface area contributed by atoms with Crippen LogP contribution in [0, 0.1) is 0 Å². The van der Waals surface area contributed by atoms with Crippen molar-refractivity contribution in [2.24, 2.45) is 5.73 Å². The summed E-state index contributed by atoms with van der Waals surface area (Å²) in [6.45, 7) is 0. The van der Waals surface area contributed by atoms with E-state index in [4.69, 9.17) is 15.2 Å². The molecule has 0 heterocycles. The molecule has 2 rings (SSSR count). The Morgan fingerprint density at radius 2 is 1.68 bits per heavy atom. The summed E-state index contributed by atoms with van der Waals surface area (Å²) in [5.74, 6) is 1.67. The molecule has 25 heavy (non-hydrogen) atoms. The number of hydrogen-bond donors (Lipinski definition) is 1. The molecule has 134 valence electrons. The number of ether oxygens (including phenoxy) is 2. The molecule has 0 fully saturated rings. The van der Waals surface area contributed by atoms with Crippen molar-refractivity contribution in [2.45, 2.75) is 38.1 Å². The van der Waals surface area contributed by atoms with Crippen LogP contribution in [-0.4, -0.2) is 26.0 Å². The lowest BCUT2D eigenvalue weighted by Crippen LogP contribution is -2.24. The molecule has 2 aromatic carbocycles. The number of benzene rings is 2. The number of ketones is 1. The Kier molecular flexibility index (Phi) is 7.48. The van der Waals surface area contributed by atoms with Crippen LogP contribution in [0.5, 0.6) is 11.5 Å². The second-order valence-corrected chi connectivity index (χ2v) is 6.22. The summed E-state index contributed by atoms with van der Waals surface area (Å²) in [7, 11) is 3.23. The predicted molar refractivity (Wildman–Crippen MR) is 100 cm³/mol. The smallest absolute Gasteiger partial charge is 0.160 e. The van der Waals surface area contributed by atoms with Gasteiger partial charge in [0.1, 0.15) is 5.78 Å². The van der Waals surface area contributed by atoms with E-state index < -0.39 is 0 Å². The van der Waals surface area contributed by atoms with E-state index in [0.29, 0.717) is 37.2 Å². The lowest BCUT2D eigenvalue weighted by molar-refractivity contribution is -0.119. The van der Waals surface area contributed by atoms with E-state index in [1.54, 1.807) is 14.2 Å². The summed E-state index contributed by atoms with van der Waals surface area (Å²) in [5.41, 5.74) is 8.48. The quantitative estimate of drug-likeness (QED) is 0.718. The number of nitrogens with two attached hydrogens (primary N) is 1. The van der Waals surface area contributed by atoms with Gasteiger partial charge in [-0.3, -0.25) is 4.79 Å². The van der Waals surface area contributed by atoms with Crippen LogP contribution in [0.25, 0.3) is 0 Å². The fourth-order valence-electron chi connectivity index (χ4n) is 2.81. The standard InChI is InChI=1S/C21H27NO3/c1-24-20-13-9-17(15-21(20)25-2)14-18(22)10-12-19(23)11-8-16-6-4-3-5-7-16/h3-7,9,13,15,18H,8,10-12,14,22H2,1-2H3. The molecule has 0 aliphatic carbocycles. The van der Waals surface area contributed by atoms with Gasteiger partial charge < -0.3 is 15.2 Å². The molecule has 4 heteroatoms. The maximum Gasteiger partial charge on any atom is 0.160 e. The predicted octanol–water partition coefficient (Wildman–Crippen LogP) is 3.56. The second-order valence-electron chi connectivity index (χ2n) is 6.22. The highest BCUT2D eigenvalue weighted by Gasteiger charge is 2.11. The average molecular weight is 341 g/mol. The van der Waals surface area contributed by atoms with Gasteiger partial charge in [-0.25, -0.2) is 0 Å². The molecule has 2 aromatic rings. The fraction of sp³-hybridized carbons (Fsp3) is 0.381. The minimum atomic E-state index is -0.0428. The summed E-state index contributed by atoms with van der Waals surface area (Å²) in [5, 5.41) is 0. The van der Waals surface area contributed by atoms with Gasteiger partial charge in [-0.15, -0.1) is 0 Å². The average Bonchev–Trinajstić information content (AvgIpc) is 2.65. The Labute approximate surface area is 150 Å². The van der Waals surface area contributed by atoms with Gasteiger partial charge >= 0.3 is 0 Å². The summed E-state index contributed by atoms with van der Waals surface area (Å²) < 4.78 is 10.5. The summed E-state index contributed by atoms with van der Waals surface area (Å²) >= 11 is 0. The maximum absolute atomic E-state index is 12.1. The van der Waals surface area contributed by atoms with Gasteiger partial charge in [-0.1, -0.05) is 36.4 Å².